The number of aromatic nitrogens is 2. The van der Waals surface area contributed by atoms with Gasteiger partial charge in [0.2, 0.25) is 0 Å². The second kappa shape index (κ2) is 5.06. The van der Waals surface area contributed by atoms with Gasteiger partial charge in [-0.1, -0.05) is 19.9 Å². The van der Waals surface area contributed by atoms with E-state index in [1.54, 1.807) is 31.4 Å². The molecule has 2 aromatic heterocycles. The minimum Gasteiger partial charge on any atom is -0.381 e. The number of pyridine rings is 1. The molecule has 1 unspecified atom stereocenters. The van der Waals surface area contributed by atoms with Crippen LogP contribution in [0.4, 0.5) is 5.82 Å². The third-order valence-electron chi connectivity index (χ3n) is 3.67. The van der Waals surface area contributed by atoms with Gasteiger partial charge in [-0.3, -0.25) is 4.40 Å². The summed E-state index contributed by atoms with van der Waals surface area (Å²) < 4.78 is 28.4. The van der Waals surface area contributed by atoms with E-state index in [4.69, 9.17) is 5.73 Å². The molecule has 0 saturated carbocycles. The van der Waals surface area contributed by atoms with Crippen LogP contribution < -0.4 is 5.73 Å². The summed E-state index contributed by atoms with van der Waals surface area (Å²) in [5, 5.41) is 0.0306. The van der Waals surface area contributed by atoms with E-state index >= 15 is 0 Å². The van der Waals surface area contributed by atoms with Crippen LogP contribution in [0.15, 0.2) is 29.4 Å². The quantitative estimate of drug-likeness (QED) is 0.929. The number of sulfonamides is 1. The minimum atomic E-state index is -3.69. The van der Waals surface area contributed by atoms with Crippen LogP contribution in [0.3, 0.4) is 0 Å². The molecule has 0 aromatic carbocycles. The molecule has 2 aromatic rings. The highest BCUT2D eigenvalue weighted by molar-refractivity contribution is 7.89. The zero-order chi connectivity index (χ0) is 15.1. The van der Waals surface area contributed by atoms with Gasteiger partial charge < -0.3 is 5.73 Å². The molecule has 0 radical (unpaired) electrons. The minimum absolute atomic E-state index is 0.0269. The Bertz CT molecular complexity index is 721. The summed E-state index contributed by atoms with van der Waals surface area (Å²) in [4.78, 5) is 4.10. The molecule has 2 heterocycles. The third kappa shape index (κ3) is 2.27. The number of anilines is 1. The van der Waals surface area contributed by atoms with Gasteiger partial charge >= 0.3 is 0 Å². The van der Waals surface area contributed by atoms with Crippen molar-refractivity contribution in [3.05, 3.63) is 24.4 Å². The number of nitrogens with two attached hydrogens (primary N) is 1. The highest BCUT2D eigenvalue weighted by Crippen LogP contribution is 2.25. The molecule has 110 valence electrons. The van der Waals surface area contributed by atoms with E-state index in [2.05, 4.69) is 4.98 Å². The highest BCUT2D eigenvalue weighted by Gasteiger charge is 2.32. The number of nitrogens with zero attached hydrogens (tertiary/aromatic N) is 3. The van der Waals surface area contributed by atoms with Crippen molar-refractivity contribution in [2.45, 2.75) is 31.8 Å². The number of fused-ring (bicyclic) bond motifs is 1. The van der Waals surface area contributed by atoms with Crippen molar-refractivity contribution >= 4 is 21.5 Å². The SMILES string of the molecule is CC(C)C(C)N(C)S(=O)(=O)c1c(N)nc2ccccn12. The van der Waals surface area contributed by atoms with Gasteiger partial charge in [0.1, 0.15) is 5.65 Å². The average Bonchev–Trinajstić information content (AvgIpc) is 2.72. The Hall–Kier alpha value is -1.60. The van der Waals surface area contributed by atoms with Crippen molar-refractivity contribution in [2.24, 2.45) is 5.92 Å². The average molecular weight is 296 g/mol. The van der Waals surface area contributed by atoms with Crippen molar-refractivity contribution in [3.8, 4) is 0 Å². The van der Waals surface area contributed by atoms with Crippen molar-refractivity contribution in [2.75, 3.05) is 12.8 Å². The summed E-state index contributed by atoms with van der Waals surface area (Å²) in [5.41, 5.74) is 6.34. The van der Waals surface area contributed by atoms with Gasteiger partial charge in [0.25, 0.3) is 10.0 Å². The maximum atomic E-state index is 12.8. The van der Waals surface area contributed by atoms with Crippen molar-refractivity contribution < 1.29 is 8.42 Å². The molecular formula is C13H20N4O2S. The monoisotopic (exact) mass is 296 g/mol. The maximum absolute atomic E-state index is 12.8. The number of rotatable bonds is 4. The molecule has 2 rings (SSSR count). The van der Waals surface area contributed by atoms with Crippen molar-refractivity contribution in [1.29, 1.82) is 0 Å². The van der Waals surface area contributed by atoms with E-state index in [0.29, 0.717) is 5.65 Å². The first-order valence-corrected chi connectivity index (χ1v) is 7.91. The predicted molar refractivity (Wildman–Crippen MR) is 78.9 cm³/mol. The molecule has 20 heavy (non-hydrogen) atoms. The Balaban J connectivity index is 2.60. The van der Waals surface area contributed by atoms with Gasteiger partial charge in [-0.2, -0.15) is 4.31 Å². The molecule has 0 fully saturated rings. The lowest BCUT2D eigenvalue weighted by Crippen LogP contribution is -2.39. The Morgan fingerprint density at radius 1 is 1.30 bits per heavy atom. The van der Waals surface area contributed by atoms with Crippen molar-refractivity contribution in [1.82, 2.24) is 13.7 Å². The number of imidazole rings is 1. The molecule has 0 aliphatic heterocycles. The summed E-state index contributed by atoms with van der Waals surface area (Å²) in [6.07, 6.45) is 1.65. The fourth-order valence-corrected chi connectivity index (χ4v) is 3.69. The molecule has 0 aliphatic carbocycles. The molecule has 1 atom stereocenters. The Labute approximate surface area is 119 Å². The first-order chi connectivity index (χ1) is 9.26. The smallest absolute Gasteiger partial charge is 0.262 e. The van der Waals surface area contributed by atoms with Crippen LogP contribution in [-0.4, -0.2) is 35.2 Å². The fourth-order valence-electron chi connectivity index (χ4n) is 2.02. The summed E-state index contributed by atoms with van der Waals surface area (Å²) >= 11 is 0. The summed E-state index contributed by atoms with van der Waals surface area (Å²) in [7, 11) is -2.12. The first-order valence-electron chi connectivity index (χ1n) is 6.47. The van der Waals surface area contributed by atoms with E-state index in [-0.39, 0.29) is 22.8 Å². The van der Waals surface area contributed by atoms with Gasteiger partial charge in [-0.25, -0.2) is 13.4 Å². The van der Waals surface area contributed by atoms with E-state index < -0.39 is 10.0 Å². The van der Waals surface area contributed by atoms with Crippen LogP contribution in [0.25, 0.3) is 5.65 Å². The lowest BCUT2D eigenvalue weighted by molar-refractivity contribution is 0.315. The predicted octanol–water partition coefficient (Wildman–Crippen LogP) is 1.58. The summed E-state index contributed by atoms with van der Waals surface area (Å²) in [6, 6.07) is 5.13. The number of hydrogen-bond acceptors (Lipinski definition) is 4. The second-order valence-corrected chi connectivity index (χ2v) is 7.15. The van der Waals surface area contributed by atoms with Gasteiger partial charge in [-0.05, 0) is 25.0 Å². The van der Waals surface area contributed by atoms with E-state index in [1.807, 2.05) is 20.8 Å². The van der Waals surface area contributed by atoms with Crippen LogP contribution in [0.1, 0.15) is 20.8 Å². The third-order valence-corrected chi connectivity index (χ3v) is 5.66. The van der Waals surface area contributed by atoms with Crippen LogP contribution in [0.2, 0.25) is 0 Å². The van der Waals surface area contributed by atoms with Gasteiger partial charge in [0.05, 0.1) is 0 Å². The van der Waals surface area contributed by atoms with Crippen LogP contribution in [-0.2, 0) is 10.0 Å². The number of hydrogen-bond donors (Lipinski definition) is 1. The van der Waals surface area contributed by atoms with Crippen LogP contribution >= 0.6 is 0 Å². The van der Waals surface area contributed by atoms with Crippen LogP contribution in [0.5, 0.6) is 0 Å². The highest BCUT2D eigenvalue weighted by atomic mass is 32.2. The Kier molecular flexibility index (Phi) is 3.75. The molecule has 2 N–H and O–H groups in total. The van der Waals surface area contributed by atoms with E-state index in [0.717, 1.165) is 0 Å². The molecule has 7 heteroatoms. The second-order valence-electron chi connectivity index (χ2n) is 5.24. The summed E-state index contributed by atoms with van der Waals surface area (Å²) in [6.45, 7) is 5.84. The lowest BCUT2D eigenvalue weighted by Gasteiger charge is -2.26. The Morgan fingerprint density at radius 2 is 1.95 bits per heavy atom. The Morgan fingerprint density at radius 3 is 2.55 bits per heavy atom. The normalized spacial score (nSPS) is 14.3. The lowest BCUT2D eigenvalue weighted by atomic mass is 10.1. The topological polar surface area (TPSA) is 80.7 Å². The van der Waals surface area contributed by atoms with Crippen molar-refractivity contribution in [3.63, 3.8) is 0 Å². The first kappa shape index (κ1) is 14.8. The van der Waals surface area contributed by atoms with Crippen LogP contribution in [0, 0.1) is 5.92 Å². The molecular weight excluding hydrogens is 276 g/mol. The maximum Gasteiger partial charge on any atom is 0.262 e. The fraction of sp³-hybridized carbons (Fsp3) is 0.462. The number of nitrogen functional groups attached to an aromatic ring is 1. The van der Waals surface area contributed by atoms with E-state index in [1.165, 1.54) is 8.71 Å². The zero-order valence-corrected chi connectivity index (χ0v) is 12.9. The molecule has 0 amide bonds. The molecule has 0 aliphatic rings. The van der Waals surface area contributed by atoms with Gasteiger partial charge in [0.15, 0.2) is 10.8 Å². The largest absolute Gasteiger partial charge is 0.381 e. The molecule has 0 spiro atoms. The van der Waals surface area contributed by atoms with Gasteiger partial charge in [-0.15, -0.1) is 0 Å². The molecule has 6 nitrogen and oxygen atoms in total. The zero-order valence-electron chi connectivity index (χ0n) is 12.1. The van der Waals surface area contributed by atoms with E-state index in [9.17, 15) is 8.42 Å². The molecule has 0 saturated heterocycles. The molecule has 0 bridgehead atoms. The summed E-state index contributed by atoms with van der Waals surface area (Å²) in [5.74, 6) is 0.231. The standard InChI is InChI=1S/C13H20N4O2S/c1-9(2)10(3)16(4)20(18,19)13-12(14)15-11-7-5-6-8-17(11)13/h5-10H,14H2,1-4H3. The van der Waals surface area contributed by atoms with Gasteiger partial charge in [0, 0.05) is 19.3 Å².